The number of nitrogens with one attached hydrogen (secondary N) is 1. The van der Waals surface area contributed by atoms with Gasteiger partial charge in [0.05, 0.1) is 6.42 Å². The van der Waals surface area contributed by atoms with E-state index in [9.17, 15) is 13.2 Å². The summed E-state index contributed by atoms with van der Waals surface area (Å²) < 4.78 is 38.0. The molecule has 1 atom stereocenters. The van der Waals surface area contributed by atoms with Crippen LogP contribution < -0.4 is 5.32 Å². The van der Waals surface area contributed by atoms with Crippen LogP contribution in [0, 0.1) is 13.8 Å². The van der Waals surface area contributed by atoms with Gasteiger partial charge in [0.25, 0.3) is 0 Å². The molecule has 1 aromatic rings. The molecule has 0 saturated carbocycles. The first kappa shape index (κ1) is 16.3. The minimum absolute atomic E-state index is 0.557. The van der Waals surface area contributed by atoms with Crippen LogP contribution in [-0.2, 0) is 0 Å². The van der Waals surface area contributed by atoms with E-state index in [1.165, 1.54) is 0 Å². The maximum Gasteiger partial charge on any atom is 0.390 e. The highest BCUT2D eigenvalue weighted by molar-refractivity contribution is 6.31. The van der Waals surface area contributed by atoms with Gasteiger partial charge in [-0.3, -0.25) is 0 Å². The third kappa shape index (κ3) is 5.03. The molecule has 1 N–H and O–H groups in total. The molecule has 1 aromatic carbocycles. The molecule has 108 valence electrons. The van der Waals surface area contributed by atoms with Gasteiger partial charge < -0.3 is 5.32 Å². The van der Waals surface area contributed by atoms with Crippen molar-refractivity contribution in [2.75, 3.05) is 6.54 Å². The Kier molecular flexibility index (Phi) is 5.68. The van der Waals surface area contributed by atoms with E-state index < -0.39 is 18.6 Å². The number of halogens is 4. The van der Waals surface area contributed by atoms with Crippen LogP contribution >= 0.6 is 11.6 Å². The molecule has 0 aliphatic carbocycles. The molecule has 1 unspecified atom stereocenters. The monoisotopic (exact) mass is 293 g/mol. The Morgan fingerprint density at radius 1 is 1.21 bits per heavy atom. The summed E-state index contributed by atoms with van der Waals surface area (Å²) in [6.45, 7) is 6.08. The Bertz CT molecular complexity index is 429. The Labute approximate surface area is 117 Å². The first-order valence-electron chi connectivity index (χ1n) is 6.31. The summed E-state index contributed by atoms with van der Waals surface area (Å²) in [4.78, 5) is 0. The number of hydrogen-bond acceptors (Lipinski definition) is 1. The van der Waals surface area contributed by atoms with E-state index in [0.29, 0.717) is 17.1 Å². The SMILES string of the molecule is CCCNC(CC(F)(F)F)c1cc(C)c(Cl)cc1C. The fourth-order valence-corrected chi connectivity index (χ4v) is 2.24. The molecule has 0 bridgehead atoms. The van der Waals surface area contributed by atoms with Crippen LogP contribution in [0.5, 0.6) is 0 Å². The molecule has 0 heterocycles. The molecule has 5 heteroatoms. The van der Waals surface area contributed by atoms with Crippen molar-refractivity contribution in [3.05, 3.63) is 33.8 Å². The predicted octanol–water partition coefficient (Wildman–Crippen LogP) is 4.95. The van der Waals surface area contributed by atoms with Crippen molar-refractivity contribution in [2.24, 2.45) is 0 Å². The van der Waals surface area contributed by atoms with Crippen LogP contribution in [0.25, 0.3) is 0 Å². The fraction of sp³-hybridized carbons (Fsp3) is 0.571. The van der Waals surface area contributed by atoms with E-state index in [4.69, 9.17) is 11.6 Å². The van der Waals surface area contributed by atoms with E-state index in [1.54, 1.807) is 26.0 Å². The lowest BCUT2D eigenvalue weighted by Crippen LogP contribution is -2.28. The van der Waals surface area contributed by atoms with Crippen LogP contribution in [0.1, 0.15) is 42.5 Å². The summed E-state index contributed by atoms with van der Waals surface area (Å²) in [5.74, 6) is 0. The molecule has 1 rings (SSSR count). The van der Waals surface area contributed by atoms with Crippen molar-refractivity contribution in [2.45, 2.75) is 45.8 Å². The number of benzene rings is 1. The molecular formula is C14H19ClF3N. The smallest absolute Gasteiger partial charge is 0.310 e. The minimum atomic E-state index is -4.19. The highest BCUT2D eigenvalue weighted by atomic mass is 35.5. The molecule has 0 aliphatic rings. The van der Waals surface area contributed by atoms with Gasteiger partial charge in [-0.1, -0.05) is 24.6 Å². The fourth-order valence-electron chi connectivity index (χ4n) is 2.02. The second-order valence-corrected chi connectivity index (χ2v) is 5.19. The quantitative estimate of drug-likeness (QED) is 0.810. The average Bonchev–Trinajstić information content (AvgIpc) is 2.28. The molecule has 0 aromatic heterocycles. The molecule has 0 amide bonds. The van der Waals surface area contributed by atoms with Crippen LogP contribution in [-0.4, -0.2) is 12.7 Å². The maximum absolute atomic E-state index is 12.7. The zero-order valence-electron chi connectivity index (χ0n) is 11.4. The van der Waals surface area contributed by atoms with Gasteiger partial charge in [0.1, 0.15) is 0 Å². The Morgan fingerprint density at radius 3 is 2.37 bits per heavy atom. The van der Waals surface area contributed by atoms with Crippen molar-refractivity contribution in [3.8, 4) is 0 Å². The first-order chi connectivity index (χ1) is 8.74. The van der Waals surface area contributed by atoms with Crippen molar-refractivity contribution >= 4 is 11.6 Å². The van der Waals surface area contributed by atoms with Gasteiger partial charge in [-0.2, -0.15) is 13.2 Å². The van der Waals surface area contributed by atoms with Gasteiger partial charge >= 0.3 is 6.18 Å². The van der Waals surface area contributed by atoms with E-state index >= 15 is 0 Å². The maximum atomic E-state index is 12.7. The van der Waals surface area contributed by atoms with Crippen molar-refractivity contribution in [1.82, 2.24) is 5.32 Å². The molecule has 0 spiro atoms. The summed E-state index contributed by atoms with van der Waals surface area (Å²) in [6, 6.07) is 2.76. The summed E-state index contributed by atoms with van der Waals surface area (Å²) in [5.41, 5.74) is 2.26. The predicted molar refractivity (Wildman–Crippen MR) is 72.6 cm³/mol. The van der Waals surface area contributed by atoms with Gasteiger partial charge in [0.15, 0.2) is 0 Å². The summed E-state index contributed by atoms with van der Waals surface area (Å²) in [7, 11) is 0. The molecule has 0 saturated heterocycles. The van der Waals surface area contributed by atoms with Crippen molar-refractivity contribution < 1.29 is 13.2 Å². The first-order valence-corrected chi connectivity index (χ1v) is 6.69. The van der Waals surface area contributed by atoms with Gasteiger partial charge in [-0.15, -0.1) is 0 Å². The summed E-state index contributed by atoms with van der Waals surface area (Å²) >= 11 is 5.99. The van der Waals surface area contributed by atoms with Gasteiger partial charge in [0.2, 0.25) is 0 Å². The van der Waals surface area contributed by atoms with Gasteiger partial charge in [-0.05, 0) is 49.6 Å². The second kappa shape index (κ2) is 6.62. The zero-order chi connectivity index (χ0) is 14.6. The molecule has 0 aliphatic heterocycles. The van der Waals surface area contributed by atoms with Crippen LogP contribution in [0.2, 0.25) is 5.02 Å². The number of alkyl halides is 3. The van der Waals surface area contributed by atoms with E-state index in [1.807, 2.05) is 6.92 Å². The molecule has 0 fully saturated rings. The second-order valence-electron chi connectivity index (χ2n) is 4.78. The van der Waals surface area contributed by atoms with Gasteiger partial charge in [0, 0.05) is 11.1 Å². The third-order valence-corrected chi connectivity index (χ3v) is 3.41. The topological polar surface area (TPSA) is 12.0 Å². The molecular weight excluding hydrogens is 275 g/mol. The van der Waals surface area contributed by atoms with E-state index in [0.717, 1.165) is 17.5 Å². The zero-order valence-corrected chi connectivity index (χ0v) is 12.1. The lowest BCUT2D eigenvalue weighted by molar-refractivity contribution is -0.140. The average molecular weight is 294 g/mol. The Morgan fingerprint density at radius 2 is 1.84 bits per heavy atom. The van der Waals surface area contributed by atoms with E-state index in [-0.39, 0.29) is 0 Å². The van der Waals surface area contributed by atoms with Gasteiger partial charge in [-0.25, -0.2) is 0 Å². The minimum Gasteiger partial charge on any atom is -0.310 e. The number of aryl methyl sites for hydroxylation is 2. The van der Waals surface area contributed by atoms with Crippen LogP contribution in [0.4, 0.5) is 13.2 Å². The lowest BCUT2D eigenvalue weighted by atomic mass is 9.96. The lowest BCUT2D eigenvalue weighted by Gasteiger charge is -2.23. The third-order valence-electron chi connectivity index (χ3n) is 3.00. The van der Waals surface area contributed by atoms with Crippen molar-refractivity contribution in [3.63, 3.8) is 0 Å². The van der Waals surface area contributed by atoms with Crippen molar-refractivity contribution in [1.29, 1.82) is 0 Å². The number of rotatable bonds is 5. The molecule has 0 radical (unpaired) electrons. The summed E-state index contributed by atoms with van der Waals surface area (Å²) in [5, 5.41) is 3.55. The normalized spacial score (nSPS) is 13.6. The van der Waals surface area contributed by atoms with E-state index in [2.05, 4.69) is 5.32 Å². The van der Waals surface area contributed by atoms with Crippen LogP contribution in [0.15, 0.2) is 12.1 Å². The standard InChI is InChI=1S/C14H19ClF3N/c1-4-5-19-13(8-14(16,17)18)11-6-10(3)12(15)7-9(11)2/h6-7,13,19H,4-5,8H2,1-3H3. The summed E-state index contributed by atoms with van der Waals surface area (Å²) in [6.07, 6.45) is -4.26. The molecule has 19 heavy (non-hydrogen) atoms. The van der Waals surface area contributed by atoms with Crippen LogP contribution in [0.3, 0.4) is 0 Å². The highest BCUT2D eigenvalue weighted by Gasteiger charge is 2.33. The largest absolute Gasteiger partial charge is 0.390 e. The highest BCUT2D eigenvalue weighted by Crippen LogP contribution is 2.33. The Hall–Kier alpha value is -0.740. The molecule has 1 nitrogen and oxygen atoms in total. The number of hydrogen-bond donors (Lipinski definition) is 1. The Balaban J connectivity index is 3.06.